The number of thiazole rings is 1. The van der Waals surface area contributed by atoms with Crippen LogP contribution in [0.4, 0.5) is 16.0 Å². The van der Waals surface area contributed by atoms with E-state index in [1.54, 1.807) is 31.3 Å². The molecule has 1 aliphatic heterocycles. The number of carbonyl (C=O) groups excluding carboxylic acids is 2. The average Bonchev–Trinajstić information content (AvgIpc) is 3.51. The molecule has 40 heavy (non-hydrogen) atoms. The zero-order valence-electron chi connectivity index (χ0n) is 22.5. The van der Waals surface area contributed by atoms with Gasteiger partial charge in [-0.1, -0.05) is 11.3 Å². The van der Waals surface area contributed by atoms with Crippen molar-refractivity contribution >= 4 is 60.8 Å². The van der Waals surface area contributed by atoms with E-state index in [0.717, 1.165) is 22.5 Å². The van der Waals surface area contributed by atoms with E-state index in [0.29, 0.717) is 45.2 Å². The van der Waals surface area contributed by atoms with E-state index >= 15 is 0 Å². The number of aromatic nitrogens is 2. The molecule has 0 radical (unpaired) electrons. The first-order valence-electron chi connectivity index (χ1n) is 12.9. The fourth-order valence-corrected chi connectivity index (χ4v) is 6.65. The number of ether oxygens (including phenoxy) is 2. The van der Waals surface area contributed by atoms with Crippen LogP contribution in [0.2, 0.25) is 0 Å². The molecule has 0 spiro atoms. The maximum Gasteiger partial charge on any atom is 0.329 e. The van der Waals surface area contributed by atoms with Gasteiger partial charge in [0.25, 0.3) is 0 Å². The van der Waals surface area contributed by atoms with Gasteiger partial charge in [-0.2, -0.15) is 0 Å². The molecule has 1 aliphatic carbocycles. The Balaban J connectivity index is 1.46. The van der Waals surface area contributed by atoms with Crippen molar-refractivity contribution in [1.82, 2.24) is 14.9 Å². The van der Waals surface area contributed by atoms with Crippen LogP contribution in [0.3, 0.4) is 0 Å². The van der Waals surface area contributed by atoms with E-state index in [1.807, 2.05) is 12.1 Å². The van der Waals surface area contributed by atoms with Gasteiger partial charge in [0.2, 0.25) is 16.8 Å². The van der Waals surface area contributed by atoms with Gasteiger partial charge in [0.15, 0.2) is 5.13 Å². The molecule has 1 amide bonds. The summed E-state index contributed by atoms with van der Waals surface area (Å²) in [5.41, 5.74) is 6.74. The Morgan fingerprint density at radius 1 is 1.25 bits per heavy atom. The third-order valence-electron chi connectivity index (χ3n) is 7.19. The number of likely N-dealkylation sites (tertiary alicyclic amines) is 1. The predicted octanol–water partition coefficient (Wildman–Crippen LogP) is 1.85. The van der Waals surface area contributed by atoms with E-state index in [9.17, 15) is 18.0 Å². The van der Waals surface area contributed by atoms with Crippen LogP contribution in [0.1, 0.15) is 24.8 Å². The molecule has 3 heterocycles. The molecule has 12 nitrogen and oxygen atoms in total. The molecule has 1 aromatic carbocycles. The summed E-state index contributed by atoms with van der Waals surface area (Å²) in [6.45, 7) is 0.489. The molecule has 1 saturated heterocycles. The number of fused-ring (bicyclic) bond motifs is 1. The number of methoxy groups -OCH3 is 1. The number of esters is 1. The monoisotopic (exact) mass is 588 g/mol. The maximum absolute atomic E-state index is 13.8. The molecule has 2 fully saturated rings. The quantitative estimate of drug-likeness (QED) is 0.251. The fourth-order valence-electron chi connectivity index (χ4n) is 4.87. The second-order valence-electron chi connectivity index (χ2n) is 10.2. The molecule has 2 aromatic heterocycles. The van der Waals surface area contributed by atoms with Crippen LogP contribution in [-0.2, 0) is 31.6 Å². The van der Waals surface area contributed by atoms with Crippen LogP contribution in [0.15, 0.2) is 30.6 Å². The number of rotatable bonds is 11. The zero-order chi connectivity index (χ0) is 28.6. The Kier molecular flexibility index (Phi) is 7.99. The van der Waals surface area contributed by atoms with Crippen molar-refractivity contribution in [2.24, 2.45) is 5.92 Å². The van der Waals surface area contributed by atoms with Crippen molar-refractivity contribution in [3.8, 4) is 5.75 Å². The average molecular weight is 589 g/mol. The minimum Gasteiger partial charge on any atom is -0.496 e. The van der Waals surface area contributed by atoms with E-state index in [2.05, 4.69) is 9.97 Å². The molecule has 3 aromatic rings. The van der Waals surface area contributed by atoms with E-state index in [-0.39, 0.29) is 19.4 Å². The molecule has 2 atom stereocenters. The molecule has 2 N–H and O–H groups in total. The minimum absolute atomic E-state index is 0.123. The lowest BCUT2D eigenvalue weighted by molar-refractivity contribution is -0.154. The molecule has 2 aliphatic rings. The number of benzene rings is 1. The number of nitrogens with zero attached hydrogens (tertiary/aromatic N) is 5. The Labute approximate surface area is 237 Å². The van der Waals surface area contributed by atoms with Crippen LogP contribution in [0.25, 0.3) is 10.8 Å². The Bertz CT molecular complexity index is 1500. The number of nitrogens with two attached hydrogens (primary N) is 1. The molecular formula is C26H32N6O6S2. The first-order valence-corrected chi connectivity index (χ1v) is 14.9. The normalized spacial score (nSPS) is 17.9. The molecule has 5 rings (SSSR count). The molecule has 214 valence electrons. The largest absolute Gasteiger partial charge is 0.496 e. The molecule has 0 bridgehead atoms. The lowest BCUT2D eigenvalue weighted by Crippen LogP contribution is -2.48. The highest BCUT2D eigenvalue weighted by Gasteiger charge is 2.44. The third-order valence-corrected chi connectivity index (χ3v) is 9.33. The number of pyridine rings is 1. The van der Waals surface area contributed by atoms with Gasteiger partial charge in [0.05, 0.1) is 19.9 Å². The SMILES string of the molecule is COc1cc2c(N)nccc2cc1C[C@H](C(=O)OCC1CC1)N1CC[C@H](N(c2cnc(N(C)C)s2)[SH](=O)=O)C1=O. The van der Waals surface area contributed by atoms with Crippen molar-refractivity contribution in [3.05, 3.63) is 36.2 Å². The lowest BCUT2D eigenvalue weighted by Gasteiger charge is -2.28. The van der Waals surface area contributed by atoms with Gasteiger partial charge in [-0.3, -0.25) is 4.79 Å². The number of hydrogen-bond donors (Lipinski definition) is 2. The number of nitrogen functional groups attached to an aromatic ring is 1. The summed E-state index contributed by atoms with van der Waals surface area (Å²) >= 11 is 1.17. The highest BCUT2D eigenvalue weighted by molar-refractivity contribution is 7.74. The summed E-state index contributed by atoms with van der Waals surface area (Å²) < 4.78 is 37.1. The molecule has 14 heteroatoms. The Morgan fingerprint density at radius 2 is 2.02 bits per heavy atom. The highest BCUT2D eigenvalue weighted by atomic mass is 32.2. The van der Waals surface area contributed by atoms with E-state index in [4.69, 9.17) is 15.2 Å². The minimum atomic E-state index is -3.14. The summed E-state index contributed by atoms with van der Waals surface area (Å²) in [4.78, 5) is 38.8. The van der Waals surface area contributed by atoms with Gasteiger partial charge in [-0.15, -0.1) is 0 Å². The van der Waals surface area contributed by atoms with Gasteiger partial charge in [-0.25, -0.2) is 27.5 Å². The summed E-state index contributed by atoms with van der Waals surface area (Å²) in [5.74, 6) is 0.214. The lowest BCUT2D eigenvalue weighted by atomic mass is 10.00. The van der Waals surface area contributed by atoms with Crippen molar-refractivity contribution < 1.29 is 27.5 Å². The van der Waals surface area contributed by atoms with Gasteiger partial charge < -0.3 is 25.0 Å². The van der Waals surface area contributed by atoms with Gasteiger partial charge in [-0.05, 0) is 54.3 Å². The smallest absolute Gasteiger partial charge is 0.329 e. The number of hydrogen-bond acceptors (Lipinski definition) is 11. The first-order chi connectivity index (χ1) is 19.2. The summed E-state index contributed by atoms with van der Waals surface area (Å²) in [6, 6.07) is 3.49. The number of anilines is 3. The van der Waals surface area contributed by atoms with Crippen molar-refractivity contribution in [1.29, 1.82) is 0 Å². The molecular weight excluding hydrogens is 556 g/mol. The topological polar surface area (TPSA) is 148 Å². The van der Waals surface area contributed by atoms with Crippen LogP contribution >= 0.6 is 11.3 Å². The summed E-state index contributed by atoms with van der Waals surface area (Å²) in [5, 5.41) is 2.48. The van der Waals surface area contributed by atoms with Crippen molar-refractivity contribution in [2.75, 3.05) is 49.3 Å². The number of amides is 1. The number of carbonyl (C=O) groups is 2. The van der Waals surface area contributed by atoms with E-state index < -0.39 is 34.9 Å². The van der Waals surface area contributed by atoms with Crippen LogP contribution < -0.4 is 19.7 Å². The third kappa shape index (κ3) is 5.63. The predicted molar refractivity (Wildman–Crippen MR) is 153 cm³/mol. The van der Waals surface area contributed by atoms with Crippen LogP contribution in [-0.4, -0.2) is 81.6 Å². The first kappa shape index (κ1) is 27.9. The fraction of sp³-hybridized carbons (Fsp3) is 0.462. The Morgan fingerprint density at radius 3 is 2.67 bits per heavy atom. The number of thiol groups is 1. The second kappa shape index (κ2) is 11.5. The van der Waals surface area contributed by atoms with E-state index in [1.165, 1.54) is 29.5 Å². The van der Waals surface area contributed by atoms with Gasteiger partial charge >= 0.3 is 5.97 Å². The molecule has 1 saturated carbocycles. The van der Waals surface area contributed by atoms with Gasteiger partial charge in [0, 0.05) is 38.6 Å². The zero-order valence-corrected chi connectivity index (χ0v) is 24.2. The standard InChI is InChI=1S/C26H32N6O6S2/c1-30(2)26-29-13-22(39-26)32(40(35)36)19-7-9-31(24(19)33)20(25(34)38-14-15-4-5-15)11-17-10-16-6-8-28-23(27)18(16)12-21(17)37-3/h6,8,10,12-13,15,19-20,40H,4-5,7,9,11,14H2,1-3H3,(H2,27,28)/t19-,20+/m0/s1. The maximum atomic E-state index is 13.8. The Hall–Kier alpha value is -3.65. The van der Waals surface area contributed by atoms with Gasteiger partial charge in [0.1, 0.15) is 28.7 Å². The van der Waals surface area contributed by atoms with Crippen molar-refractivity contribution in [3.63, 3.8) is 0 Å². The van der Waals surface area contributed by atoms with Crippen molar-refractivity contribution in [2.45, 2.75) is 37.8 Å². The highest BCUT2D eigenvalue weighted by Crippen LogP contribution is 2.35. The summed E-state index contributed by atoms with van der Waals surface area (Å²) in [6.07, 6.45) is 5.41. The summed E-state index contributed by atoms with van der Waals surface area (Å²) in [7, 11) is 1.99. The van der Waals surface area contributed by atoms with Crippen LogP contribution in [0, 0.1) is 5.92 Å². The molecule has 0 unspecified atom stereocenters. The second-order valence-corrected chi connectivity index (χ2v) is 12.1. The van der Waals surface area contributed by atoms with Crippen LogP contribution in [0.5, 0.6) is 5.75 Å².